The Morgan fingerprint density at radius 3 is 1.46 bits per heavy atom. The van der Waals surface area contributed by atoms with Gasteiger partial charge in [0.25, 0.3) is 0 Å². The van der Waals surface area contributed by atoms with Gasteiger partial charge in [0, 0.05) is 0 Å². The molecule has 0 aromatic heterocycles. The van der Waals surface area contributed by atoms with E-state index in [1.165, 1.54) is 38.5 Å². The van der Waals surface area contributed by atoms with Crippen LogP contribution in [0.4, 0.5) is 0 Å². The molecule has 0 spiro atoms. The van der Waals surface area contributed by atoms with Gasteiger partial charge >= 0.3 is 0 Å². The van der Waals surface area contributed by atoms with Crippen LogP contribution in [0.25, 0.3) is 0 Å². The molecule has 1 heteroatoms. The molecule has 0 aromatic carbocycles. The van der Waals surface area contributed by atoms with Crippen molar-refractivity contribution >= 4 is 0 Å². The lowest BCUT2D eigenvalue weighted by atomic mass is 9.80. The Balaban J connectivity index is 1.69. The van der Waals surface area contributed by atoms with Crippen molar-refractivity contribution in [1.29, 1.82) is 0 Å². The molecular formula is C12H22O. The van der Waals surface area contributed by atoms with Gasteiger partial charge in [-0.3, -0.25) is 0 Å². The van der Waals surface area contributed by atoms with Crippen LogP contribution < -0.4 is 0 Å². The highest BCUT2D eigenvalue weighted by Crippen LogP contribution is 2.35. The van der Waals surface area contributed by atoms with Crippen LogP contribution in [0.1, 0.15) is 52.4 Å². The molecule has 0 N–H and O–H groups in total. The highest BCUT2D eigenvalue weighted by molar-refractivity contribution is 4.79. The van der Waals surface area contributed by atoms with E-state index < -0.39 is 0 Å². The van der Waals surface area contributed by atoms with Crippen molar-refractivity contribution in [2.45, 2.75) is 64.6 Å². The van der Waals surface area contributed by atoms with Gasteiger partial charge in [-0.1, -0.05) is 12.8 Å². The molecule has 0 aromatic rings. The first-order chi connectivity index (χ1) is 6.27. The second-order valence-electron chi connectivity index (χ2n) is 4.93. The zero-order valence-electron chi connectivity index (χ0n) is 8.96. The van der Waals surface area contributed by atoms with Crippen molar-refractivity contribution in [3.8, 4) is 0 Å². The summed E-state index contributed by atoms with van der Waals surface area (Å²) in [5.41, 5.74) is 0. The molecule has 2 rings (SSSR count). The van der Waals surface area contributed by atoms with Crippen molar-refractivity contribution in [3.05, 3.63) is 0 Å². The Labute approximate surface area is 81.9 Å². The first-order valence-electron chi connectivity index (χ1n) is 5.93. The maximum atomic E-state index is 6.06. The third-order valence-electron chi connectivity index (χ3n) is 4.06. The molecular weight excluding hydrogens is 160 g/mol. The van der Waals surface area contributed by atoms with Crippen LogP contribution >= 0.6 is 0 Å². The minimum Gasteiger partial charge on any atom is -0.375 e. The third kappa shape index (κ3) is 2.07. The summed E-state index contributed by atoms with van der Waals surface area (Å²) in [5, 5.41) is 0. The fraction of sp³-hybridized carbons (Fsp3) is 1.00. The Kier molecular flexibility index (Phi) is 2.92. The van der Waals surface area contributed by atoms with Gasteiger partial charge in [-0.2, -0.15) is 0 Å². The summed E-state index contributed by atoms with van der Waals surface area (Å²) in [4.78, 5) is 0. The minimum atomic E-state index is 0.518. The molecule has 1 nitrogen and oxygen atoms in total. The Morgan fingerprint density at radius 1 is 0.846 bits per heavy atom. The lowest BCUT2D eigenvalue weighted by Gasteiger charge is -2.37. The van der Waals surface area contributed by atoms with Crippen molar-refractivity contribution in [3.63, 3.8) is 0 Å². The molecule has 2 saturated carbocycles. The average molecular weight is 182 g/mol. The third-order valence-corrected chi connectivity index (χ3v) is 4.06. The van der Waals surface area contributed by atoms with E-state index >= 15 is 0 Å². The van der Waals surface area contributed by atoms with E-state index in [-0.39, 0.29) is 0 Å². The van der Waals surface area contributed by atoms with Gasteiger partial charge in [0.1, 0.15) is 0 Å². The summed E-state index contributed by atoms with van der Waals surface area (Å²) in [6.07, 6.45) is 9.49. The van der Waals surface area contributed by atoms with E-state index in [0.29, 0.717) is 12.2 Å². The largest absolute Gasteiger partial charge is 0.375 e. The standard InChI is InChI=1S/C12H22O/c1-9(11-5-3-6-11)13-10(2)12-7-4-8-12/h9-12H,3-8H2,1-2H3. The van der Waals surface area contributed by atoms with Crippen LogP contribution in [0.5, 0.6) is 0 Å². The highest BCUT2D eigenvalue weighted by atomic mass is 16.5. The lowest BCUT2D eigenvalue weighted by Crippen LogP contribution is -2.34. The summed E-state index contributed by atoms with van der Waals surface area (Å²) in [5.74, 6) is 1.75. The van der Waals surface area contributed by atoms with Gasteiger partial charge in [0.05, 0.1) is 12.2 Å². The van der Waals surface area contributed by atoms with Crippen LogP contribution in [-0.2, 0) is 4.74 Å². The Bertz CT molecular complexity index is 141. The fourth-order valence-electron chi connectivity index (χ4n) is 2.38. The van der Waals surface area contributed by atoms with Gasteiger partial charge in [0.2, 0.25) is 0 Å². The normalized spacial score (nSPS) is 29.1. The van der Waals surface area contributed by atoms with Crippen molar-refractivity contribution in [2.24, 2.45) is 11.8 Å². The molecule has 2 fully saturated rings. The van der Waals surface area contributed by atoms with Gasteiger partial charge < -0.3 is 4.74 Å². The van der Waals surface area contributed by atoms with Crippen LogP contribution in [0, 0.1) is 11.8 Å². The lowest BCUT2D eigenvalue weighted by molar-refractivity contribution is -0.0798. The molecule has 13 heavy (non-hydrogen) atoms. The molecule has 2 atom stereocenters. The maximum Gasteiger partial charge on any atom is 0.0578 e. The molecule has 0 heterocycles. The molecule has 2 aliphatic carbocycles. The molecule has 0 bridgehead atoms. The zero-order valence-corrected chi connectivity index (χ0v) is 8.96. The first-order valence-corrected chi connectivity index (χ1v) is 5.93. The smallest absolute Gasteiger partial charge is 0.0578 e. The summed E-state index contributed by atoms with van der Waals surface area (Å²) in [7, 11) is 0. The summed E-state index contributed by atoms with van der Waals surface area (Å²) >= 11 is 0. The van der Waals surface area contributed by atoms with E-state index in [1.54, 1.807) is 0 Å². The molecule has 2 aliphatic rings. The van der Waals surface area contributed by atoms with Gasteiger partial charge in [-0.25, -0.2) is 0 Å². The Morgan fingerprint density at radius 2 is 1.23 bits per heavy atom. The summed E-state index contributed by atoms with van der Waals surface area (Å²) in [6, 6.07) is 0. The predicted molar refractivity (Wildman–Crippen MR) is 54.7 cm³/mol. The van der Waals surface area contributed by atoms with E-state index in [0.717, 1.165) is 11.8 Å². The van der Waals surface area contributed by atoms with Gasteiger partial charge in [-0.05, 0) is 51.4 Å². The van der Waals surface area contributed by atoms with Crippen LogP contribution in [-0.4, -0.2) is 12.2 Å². The highest BCUT2D eigenvalue weighted by Gasteiger charge is 2.30. The van der Waals surface area contributed by atoms with Crippen molar-refractivity contribution < 1.29 is 4.74 Å². The van der Waals surface area contributed by atoms with Crippen LogP contribution in [0.3, 0.4) is 0 Å². The second kappa shape index (κ2) is 4.00. The topological polar surface area (TPSA) is 9.23 Å². The first kappa shape index (κ1) is 9.51. The monoisotopic (exact) mass is 182 g/mol. The molecule has 2 unspecified atom stereocenters. The predicted octanol–water partition coefficient (Wildman–Crippen LogP) is 3.38. The number of rotatable bonds is 4. The van der Waals surface area contributed by atoms with Crippen molar-refractivity contribution in [1.82, 2.24) is 0 Å². The number of hydrogen-bond acceptors (Lipinski definition) is 1. The number of ether oxygens (including phenoxy) is 1. The molecule has 0 radical (unpaired) electrons. The maximum absolute atomic E-state index is 6.06. The summed E-state index contributed by atoms with van der Waals surface area (Å²) < 4.78 is 6.06. The Hall–Kier alpha value is -0.0400. The zero-order chi connectivity index (χ0) is 9.26. The summed E-state index contributed by atoms with van der Waals surface area (Å²) in [6.45, 7) is 4.53. The molecule has 0 amide bonds. The molecule has 76 valence electrons. The number of hydrogen-bond donors (Lipinski definition) is 0. The minimum absolute atomic E-state index is 0.518. The molecule has 0 aliphatic heterocycles. The van der Waals surface area contributed by atoms with Crippen LogP contribution in [0.15, 0.2) is 0 Å². The van der Waals surface area contributed by atoms with Crippen molar-refractivity contribution in [2.75, 3.05) is 0 Å². The van der Waals surface area contributed by atoms with E-state index in [9.17, 15) is 0 Å². The van der Waals surface area contributed by atoms with Crippen LogP contribution in [0.2, 0.25) is 0 Å². The van der Waals surface area contributed by atoms with Gasteiger partial charge in [0.15, 0.2) is 0 Å². The van der Waals surface area contributed by atoms with Gasteiger partial charge in [-0.15, -0.1) is 0 Å². The SMILES string of the molecule is CC(OC(C)C1CCC1)C1CCC1. The quantitative estimate of drug-likeness (QED) is 0.647. The van der Waals surface area contributed by atoms with E-state index in [4.69, 9.17) is 4.74 Å². The fourth-order valence-corrected chi connectivity index (χ4v) is 2.38. The second-order valence-corrected chi connectivity index (χ2v) is 4.93. The van der Waals surface area contributed by atoms with E-state index in [2.05, 4.69) is 13.8 Å². The average Bonchev–Trinajstić information content (AvgIpc) is 1.76. The molecule has 0 saturated heterocycles. The van der Waals surface area contributed by atoms with E-state index in [1.807, 2.05) is 0 Å².